The Labute approximate surface area is 108 Å². The summed E-state index contributed by atoms with van der Waals surface area (Å²) in [5.41, 5.74) is 0. The number of carbonyl (C=O) groups excluding carboxylic acids is 2. The Kier molecular flexibility index (Phi) is 4.61. The lowest BCUT2D eigenvalue weighted by Crippen LogP contribution is -2.46. The van der Waals surface area contributed by atoms with E-state index in [9.17, 15) is 14.7 Å². The van der Waals surface area contributed by atoms with Crippen LogP contribution in [0.3, 0.4) is 0 Å². The van der Waals surface area contributed by atoms with E-state index in [1.54, 1.807) is 0 Å². The molecule has 1 aliphatic heterocycles. The molecule has 0 unspecified atom stereocenters. The van der Waals surface area contributed by atoms with E-state index < -0.39 is 11.9 Å². The highest BCUT2D eigenvalue weighted by molar-refractivity contribution is 5.84. The van der Waals surface area contributed by atoms with Crippen molar-refractivity contribution in [2.45, 2.75) is 51.4 Å². The molecule has 4 heteroatoms. The first-order chi connectivity index (χ1) is 8.70. The second-order valence-corrected chi connectivity index (χ2v) is 5.56. The zero-order valence-corrected chi connectivity index (χ0v) is 10.9. The van der Waals surface area contributed by atoms with Gasteiger partial charge in [-0.2, -0.15) is 0 Å². The Morgan fingerprint density at radius 2 is 1.39 bits per heavy atom. The number of amides is 1. The molecule has 18 heavy (non-hydrogen) atoms. The van der Waals surface area contributed by atoms with E-state index in [0.717, 1.165) is 38.8 Å². The molecule has 2 rings (SSSR count). The maximum atomic E-state index is 12.5. The zero-order chi connectivity index (χ0) is 13.0. The second-order valence-electron chi connectivity index (χ2n) is 5.56. The Morgan fingerprint density at radius 3 is 1.94 bits per heavy atom. The highest BCUT2D eigenvalue weighted by atomic mass is 16.4. The molecule has 4 nitrogen and oxygen atoms in total. The van der Waals surface area contributed by atoms with E-state index in [1.165, 1.54) is 12.8 Å². The monoisotopic (exact) mass is 252 g/mol. The molecule has 2 atom stereocenters. The molecule has 0 aromatic carbocycles. The van der Waals surface area contributed by atoms with Crippen molar-refractivity contribution in [2.24, 2.45) is 11.8 Å². The summed E-state index contributed by atoms with van der Waals surface area (Å²) in [4.78, 5) is 25.5. The number of likely N-dealkylation sites (tertiary alicyclic amines) is 1. The predicted octanol–water partition coefficient (Wildman–Crippen LogP) is 0.945. The number of hydrogen-bond donors (Lipinski definition) is 0. The van der Waals surface area contributed by atoms with Gasteiger partial charge in [-0.3, -0.25) is 4.79 Å². The Bertz CT molecular complexity index is 308. The van der Waals surface area contributed by atoms with Crippen molar-refractivity contribution >= 4 is 11.9 Å². The highest BCUT2D eigenvalue weighted by Crippen LogP contribution is 2.31. The van der Waals surface area contributed by atoms with Gasteiger partial charge in [0.1, 0.15) is 0 Å². The molecule has 0 N–H and O–H groups in total. The minimum Gasteiger partial charge on any atom is -0.550 e. The first-order valence-corrected chi connectivity index (χ1v) is 7.20. The maximum absolute atomic E-state index is 12.5. The summed E-state index contributed by atoms with van der Waals surface area (Å²) in [6, 6.07) is 0. The topological polar surface area (TPSA) is 60.4 Å². The minimum atomic E-state index is -1.04. The molecule has 2 aliphatic rings. The van der Waals surface area contributed by atoms with Crippen LogP contribution in [0.1, 0.15) is 51.4 Å². The van der Waals surface area contributed by atoms with Crippen LogP contribution in [-0.2, 0) is 9.59 Å². The summed E-state index contributed by atoms with van der Waals surface area (Å²) < 4.78 is 0. The standard InChI is InChI=1S/C14H23NO3/c16-13(15-9-5-1-2-6-10-15)11-7-3-4-8-12(11)14(17)18/h11-12H,1-10H2,(H,17,18)/p-1/t11-,12-/m1/s1. The largest absolute Gasteiger partial charge is 0.550 e. The summed E-state index contributed by atoms with van der Waals surface area (Å²) in [7, 11) is 0. The quantitative estimate of drug-likeness (QED) is 0.735. The summed E-state index contributed by atoms with van der Waals surface area (Å²) in [5, 5.41) is 11.1. The second kappa shape index (κ2) is 6.21. The number of nitrogens with zero attached hydrogens (tertiary/aromatic N) is 1. The van der Waals surface area contributed by atoms with Crippen LogP contribution in [0.5, 0.6) is 0 Å². The van der Waals surface area contributed by atoms with Crippen LogP contribution in [0.25, 0.3) is 0 Å². The molecule has 0 aromatic heterocycles. The lowest BCUT2D eigenvalue weighted by molar-refractivity contribution is -0.314. The van der Waals surface area contributed by atoms with Gasteiger partial charge in [-0.25, -0.2) is 0 Å². The predicted molar refractivity (Wildman–Crippen MR) is 65.5 cm³/mol. The van der Waals surface area contributed by atoms with Crippen molar-refractivity contribution in [3.63, 3.8) is 0 Å². The molecule has 1 saturated carbocycles. The average Bonchev–Trinajstić information content (AvgIpc) is 2.66. The van der Waals surface area contributed by atoms with Crippen LogP contribution in [0, 0.1) is 11.8 Å². The Balaban J connectivity index is 2.02. The number of carboxylic acids is 1. The third-order valence-electron chi connectivity index (χ3n) is 4.30. The van der Waals surface area contributed by atoms with E-state index in [0.29, 0.717) is 12.8 Å². The van der Waals surface area contributed by atoms with Gasteiger partial charge in [0.25, 0.3) is 0 Å². The van der Waals surface area contributed by atoms with E-state index in [1.807, 2.05) is 4.90 Å². The van der Waals surface area contributed by atoms with Crippen LogP contribution in [0.2, 0.25) is 0 Å². The number of hydrogen-bond acceptors (Lipinski definition) is 3. The van der Waals surface area contributed by atoms with Crippen molar-refractivity contribution < 1.29 is 14.7 Å². The molecular weight excluding hydrogens is 230 g/mol. The molecule has 1 heterocycles. The van der Waals surface area contributed by atoms with Crippen LogP contribution >= 0.6 is 0 Å². The van der Waals surface area contributed by atoms with Crippen molar-refractivity contribution in [3.8, 4) is 0 Å². The van der Waals surface area contributed by atoms with Gasteiger partial charge in [0.15, 0.2) is 0 Å². The van der Waals surface area contributed by atoms with Gasteiger partial charge in [-0.15, -0.1) is 0 Å². The highest BCUT2D eigenvalue weighted by Gasteiger charge is 2.34. The van der Waals surface area contributed by atoms with Gasteiger partial charge in [0, 0.05) is 30.9 Å². The van der Waals surface area contributed by atoms with E-state index in [2.05, 4.69) is 0 Å². The Morgan fingerprint density at radius 1 is 0.833 bits per heavy atom. The number of carboxylic acid groups (broad SMARTS) is 1. The fourth-order valence-corrected chi connectivity index (χ4v) is 3.23. The molecule has 102 valence electrons. The molecule has 0 radical (unpaired) electrons. The van der Waals surface area contributed by atoms with Gasteiger partial charge < -0.3 is 14.8 Å². The molecule has 0 bridgehead atoms. The first-order valence-electron chi connectivity index (χ1n) is 7.20. The first kappa shape index (κ1) is 13.4. The fraction of sp³-hybridized carbons (Fsp3) is 0.857. The van der Waals surface area contributed by atoms with Crippen LogP contribution < -0.4 is 5.11 Å². The molecule has 0 aromatic rings. The van der Waals surface area contributed by atoms with Gasteiger partial charge >= 0.3 is 0 Å². The van der Waals surface area contributed by atoms with E-state index >= 15 is 0 Å². The SMILES string of the molecule is O=C([O-])[C@@H]1CCCC[C@H]1C(=O)N1CCCCCC1. The molecule has 1 aliphatic carbocycles. The number of rotatable bonds is 2. The number of carbonyl (C=O) groups is 2. The molecule has 2 fully saturated rings. The average molecular weight is 252 g/mol. The van der Waals surface area contributed by atoms with Crippen LogP contribution in [0.4, 0.5) is 0 Å². The molecule has 0 spiro atoms. The van der Waals surface area contributed by atoms with Gasteiger partial charge in [0.2, 0.25) is 5.91 Å². The van der Waals surface area contributed by atoms with Crippen molar-refractivity contribution in [1.29, 1.82) is 0 Å². The molecular formula is C14H22NO3-. The smallest absolute Gasteiger partial charge is 0.226 e. The zero-order valence-electron chi connectivity index (χ0n) is 10.9. The number of aliphatic carboxylic acids is 1. The van der Waals surface area contributed by atoms with Crippen molar-refractivity contribution in [2.75, 3.05) is 13.1 Å². The molecule has 1 amide bonds. The van der Waals surface area contributed by atoms with Gasteiger partial charge in [-0.1, -0.05) is 25.7 Å². The third kappa shape index (κ3) is 3.03. The molecule has 1 saturated heterocycles. The summed E-state index contributed by atoms with van der Waals surface area (Å²) >= 11 is 0. The van der Waals surface area contributed by atoms with Crippen LogP contribution in [0.15, 0.2) is 0 Å². The summed E-state index contributed by atoms with van der Waals surface area (Å²) in [6.07, 6.45) is 7.65. The van der Waals surface area contributed by atoms with E-state index in [-0.39, 0.29) is 11.8 Å². The summed E-state index contributed by atoms with van der Waals surface area (Å²) in [5.74, 6) is -1.87. The van der Waals surface area contributed by atoms with Crippen molar-refractivity contribution in [3.05, 3.63) is 0 Å². The van der Waals surface area contributed by atoms with Crippen LogP contribution in [-0.4, -0.2) is 29.9 Å². The fourth-order valence-electron chi connectivity index (χ4n) is 3.23. The third-order valence-corrected chi connectivity index (χ3v) is 4.30. The van der Waals surface area contributed by atoms with E-state index in [4.69, 9.17) is 0 Å². The maximum Gasteiger partial charge on any atom is 0.226 e. The van der Waals surface area contributed by atoms with Gasteiger partial charge in [-0.05, 0) is 25.7 Å². The lowest BCUT2D eigenvalue weighted by atomic mass is 9.78. The normalized spacial score (nSPS) is 29.7. The van der Waals surface area contributed by atoms with Gasteiger partial charge in [0.05, 0.1) is 0 Å². The minimum absolute atomic E-state index is 0.0609. The summed E-state index contributed by atoms with van der Waals surface area (Å²) in [6.45, 7) is 1.60. The Hall–Kier alpha value is -1.06. The van der Waals surface area contributed by atoms with Crippen molar-refractivity contribution in [1.82, 2.24) is 4.90 Å². The lowest BCUT2D eigenvalue weighted by Gasteiger charge is -2.34.